The van der Waals surface area contributed by atoms with Gasteiger partial charge in [-0.15, -0.1) is 0 Å². The van der Waals surface area contributed by atoms with Crippen LogP contribution in [0.2, 0.25) is 11.6 Å². The van der Waals surface area contributed by atoms with Crippen molar-refractivity contribution in [1.29, 1.82) is 5.26 Å². The summed E-state index contributed by atoms with van der Waals surface area (Å²) in [5, 5.41) is 13.1. The molecule has 33 heavy (non-hydrogen) atoms. The summed E-state index contributed by atoms with van der Waals surface area (Å²) in [6.45, 7) is 0. The number of esters is 1. The smallest absolute Gasteiger partial charge is 0.360 e. The molecule has 4 aromatic rings. The number of ether oxygens (including phenoxy) is 1. The normalized spacial score (nSPS) is 9.36. The third kappa shape index (κ3) is 8.59. The van der Waals surface area contributed by atoms with Crippen LogP contribution in [-0.4, -0.2) is 27.4 Å². The Morgan fingerprint density at radius 2 is 1.36 bits per heavy atom. The molecule has 4 nitrogen and oxygen atoms in total. The van der Waals surface area contributed by atoms with Crippen LogP contribution in [0.1, 0.15) is 23.3 Å². The van der Waals surface area contributed by atoms with Crippen LogP contribution in [0.4, 0.5) is 0 Å². The standard InChI is InChI=1S/C12H9BrO2.C11H6BrN.CH4.2CH3.Al.H2N/c1-15-12(14)9-6-8-4-2-3-5-10(8)11(13)7-9;12-11-6-8(7-13)5-9-3-1-2-4-10(9)11;;;;;/h2-7H,1H3;1-6H;1H4;2*1H3;;1H2/q;;;;;+1;-1. The Balaban J connectivity index is 0.000000279. The minimum atomic E-state index is -0.639. The Kier molecular flexibility index (Phi) is 12.4. The number of hydrogen-bond acceptors (Lipinski definition) is 4. The van der Waals surface area contributed by atoms with Crippen LogP contribution in [-0.2, 0) is 4.74 Å². The van der Waals surface area contributed by atoms with Crippen molar-refractivity contribution in [3.8, 4) is 6.07 Å². The Morgan fingerprint density at radius 3 is 1.85 bits per heavy atom. The molecule has 0 bridgehead atoms. The SMILES string of the molecule is C.COC(=O)c1cc(Br)c2ccccc2c1.N#Cc1cc(Br)c2ccccc2c1.[CH3][Al]([CH3])[NH2]. The molecule has 7 heteroatoms. The molecule has 0 saturated heterocycles. The first-order valence-corrected chi connectivity index (χ1v) is 14.4. The highest BCUT2D eigenvalue weighted by molar-refractivity contribution is 9.11. The predicted octanol–water partition coefficient (Wildman–Crippen LogP) is 7.70. The van der Waals surface area contributed by atoms with E-state index in [9.17, 15) is 4.79 Å². The second-order valence-electron chi connectivity index (χ2n) is 7.21. The summed E-state index contributed by atoms with van der Waals surface area (Å²) >= 11 is 6.24. The van der Waals surface area contributed by atoms with Crippen LogP contribution in [0.15, 0.2) is 81.7 Å². The van der Waals surface area contributed by atoms with E-state index >= 15 is 0 Å². The summed E-state index contributed by atoms with van der Waals surface area (Å²) in [5.41, 5.74) is 1.24. The third-order valence-corrected chi connectivity index (χ3v) is 5.49. The zero-order valence-corrected chi connectivity index (χ0v) is 22.4. The van der Waals surface area contributed by atoms with E-state index in [0.717, 1.165) is 30.5 Å². The fraction of sp³-hybridized carbons (Fsp3) is 0.154. The van der Waals surface area contributed by atoms with Crippen molar-refractivity contribution in [3.05, 3.63) is 92.9 Å². The lowest BCUT2D eigenvalue weighted by Crippen LogP contribution is -2.13. The van der Waals surface area contributed by atoms with Crippen LogP contribution < -0.4 is 4.72 Å². The van der Waals surface area contributed by atoms with E-state index in [0.29, 0.717) is 11.1 Å². The monoisotopic (exact) mass is 584 g/mol. The Hall–Kier alpha value is -2.19. The van der Waals surface area contributed by atoms with Crippen LogP contribution >= 0.6 is 31.9 Å². The number of nitrogens with two attached hydrogens (primary N) is 1. The van der Waals surface area contributed by atoms with Crippen LogP contribution in [0.5, 0.6) is 0 Å². The fourth-order valence-electron chi connectivity index (χ4n) is 2.83. The summed E-state index contributed by atoms with van der Waals surface area (Å²) in [5.74, 6) is 3.85. The zero-order chi connectivity index (χ0) is 23.7. The topological polar surface area (TPSA) is 76.1 Å². The highest BCUT2D eigenvalue weighted by atomic mass is 79.9. The van der Waals surface area contributed by atoms with Crippen LogP contribution in [0, 0.1) is 11.3 Å². The molecule has 0 aliphatic rings. The molecule has 0 unspecified atom stereocenters. The van der Waals surface area contributed by atoms with E-state index < -0.39 is 14.4 Å². The van der Waals surface area contributed by atoms with E-state index in [1.807, 2.05) is 66.7 Å². The summed E-state index contributed by atoms with van der Waals surface area (Å²) in [4.78, 5) is 11.4. The van der Waals surface area contributed by atoms with Crippen LogP contribution in [0.25, 0.3) is 21.5 Å². The van der Waals surface area contributed by atoms with Gasteiger partial charge in [0.05, 0.1) is 24.3 Å². The Morgan fingerprint density at radius 1 is 0.909 bits per heavy atom. The second-order valence-corrected chi connectivity index (χ2v) is 11.4. The molecule has 0 aliphatic carbocycles. The fourth-order valence-corrected chi connectivity index (χ4v) is 4.04. The van der Waals surface area contributed by atoms with Gasteiger partial charge in [0.15, 0.2) is 0 Å². The molecule has 4 aromatic carbocycles. The number of halogens is 2. The number of nitriles is 1. The van der Waals surface area contributed by atoms with Crippen LogP contribution in [0.3, 0.4) is 0 Å². The van der Waals surface area contributed by atoms with Gasteiger partial charge in [-0.1, -0.05) is 99.4 Å². The molecule has 0 fully saturated rings. The first-order chi connectivity index (χ1) is 15.3. The van der Waals surface area contributed by atoms with Gasteiger partial charge in [-0.2, -0.15) is 5.26 Å². The van der Waals surface area contributed by atoms with Gasteiger partial charge in [0.25, 0.3) is 0 Å². The van der Waals surface area contributed by atoms with Crippen molar-refractivity contribution in [2.45, 2.75) is 19.0 Å². The first kappa shape index (κ1) is 28.8. The summed E-state index contributed by atoms with van der Waals surface area (Å²) < 4.78 is 11.8. The number of rotatable bonds is 1. The molecule has 0 aromatic heterocycles. The van der Waals surface area contributed by atoms with Gasteiger partial charge < -0.3 is 9.45 Å². The van der Waals surface area contributed by atoms with Crippen molar-refractivity contribution in [2.24, 2.45) is 4.72 Å². The number of nitrogens with zero attached hydrogens (tertiary/aromatic N) is 1. The summed E-state index contributed by atoms with van der Waals surface area (Å²) in [6, 6.07) is 25.3. The van der Waals surface area contributed by atoms with Gasteiger partial charge >= 0.3 is 20.3 Å². The van der Waals surface area contributed by atoms with E-state index in [1.54, 1.807) is 6.07 Å². The average molecular weight is 586 g/mol. The summed E-state index contributed by atoms with van der Waals surface area (Å²) in [7, 11) is 1.38. The largest absolute Gasteiger partial charge is 0.465 e. The molecule has 0 aliphatic heterocycles. The minimum Gasteiger partial charge on any atom is -0.465 e. The molecule has 0 saturated carbocycles. The molecule has 2 N–H and O–H groups in total. The maximum absolute atomic E-state index is 11.4. The number of benzene rings is 4. The maximum Gasteiger partial charge on any atom is 0.360 e. The van der Waals surface area contributed by atoms with E-state index in [-0.39, 0.29) is 13.4 Å². The Bertz CT molecular complexity index is 1270. The van der Waals surface area contributed by atoms with Crippen molar-refractivity contribution in [2.75, 3.05) is 7.11 Å². The van der Waals surface area contributed by atoms with Gasteiger partial charge in [0, 0.05) is 8.95 Å². The number of methoxy groups -OCH3 is 1. The molecule has 0 spiro atoms. The lowest BCUT2D eigenvalue weighted by molar-refractivity contribution is 0.0601. The number of fused-ring (bicyclic) bond motifs is 2. The highest BCUT2D eigenvalue weighted by Gasteiger charge is 2.08. The average Bonchev–Trinajstić information content (AvgIpc) is 2.78. The van der Waals surface area contributed by atoms with Crippen molar-refractivity contribution in [3.63, 3.8) is 0 Å². The number of carbonyl (C=O) groups excluding carboxylic acids is 1. The van der Waals surface area contributed by atoms with Gasteiger partial charge in [-0.05, 0) is 45.8 Å². The van der Waals surface area contributed by atoms with Gasteiger partial charge in [0.2, 0.25) is 0 Å². The number of hydrogen-bond donors (Lipinski definition) is 1. The minimum absolute atomic E-state index is 0. The Labute approximate surface area is 217 Å². The predicted molar refractivity (Wildman–Crippen MR) is 148 cm³/mol. The molecule has 0 amide bonds. The summed E-state index contributed by atoms with van der Waals surface area (Å²) in [6.07, 6.45) is 0. The quantitative estimate of drug-likeness (QED) is 0.183. The molecule has 4 rings (SSSR count). The van der Waals surface area contributed by atoms with Crippen molar-refractivity contribution < 1.29 is 9.53 Å². The molecular formula is C26H27AlBr2N2O2. The first-order valence-electron chi connectivity index (χ1n) is 9.87. The highest BCUT2D eigenvalue weighted by Crippen LogP contribution is 2.26. The lowest BCUT2D eigenvalue weighted by atomic mass is 10.1. The van der Waals surface area contributed by atoms with Gasteiger partial charge in [-0.25, -0.2) is 4.79 Å². The molecule has 0 radical (unpaired) electrons. The van der Waals surface area contributed by atoms with Crippen molar-refractivity contribution >= 4 is 73.7 Å². The molecular weight excluding hydrogens is 559 g/mol. The molecule has 0 atom stereocenters. The third-order valence-electron chi connectivity index (χ3n) is 4.17. The molecule has 0 heterocycles. The second kappa shape index (κ2) is 14.2. The van der Waals surface area contributed by atoms with E-state index in [2.05, 4.69) is 54.2 Å². The van der Waals surface area contributed by atoms with Gasteiger partial charge in [0.1, 0.15) is 0 Å². The van der Waals surface area contributed by atoms with Gasteiger partial charge in [-0.3, -0.25) is 0 Å². The van der Waals surface area contributed by atoms with E-state index in [4.69, 9.17) is 9.98 Å². The molecule has 170 valence electrons. The van der Waals surface area contributed by atoms with Crippen molar-refractivity contribution in [1.82, 2.24) is 0 Å². The number of carbonyl (C=O) groups is 1. The lowest BCUT2D eigenvalue weighted by Gasteiger charge is -2.04. The van der Waals surface area contributed by atoms with E-state index in [1.165, 1.54) is 7.11 Å². The zero-order valence-electron chi connectivity index (χ0n) is 18.1. The maximum atomic E-state index is 11.4.